The van der Waals surface area contributed by atoms with E-state index >= 15 is 0 Å². The fourth-order valence-electron chi connectivity index (χ4n) is 0.793. The molecular weight excluding hydrogens is 200 g/mol. The van der Waals surface area contributed by atoms with Crippen LogP contribution in [0.3, 0.4) is 0 Å². The number of aromatic nitrogens is 2. The lowest BCUT2D eigenvalue weighted by Crippen LogP contribution is -2.52. The van der Waals surface area contributed by atoms with Crippen LogP contribution in [0.15, 0.2) is 12.4 Å². The van der Waals surface area contributed by atoms with Gasteiger partial charge in [-0.15, -0.1) is 0 Å². The summed E-state index contributed by atoms with van der Waals surface area (Å²) in [5.74, 6) is -0.253. The van der Waals surface area contributed by atoms with E-state index in [-0.39, 0.29) is 10.9 Å². The topological polar surface area (TPSA) is 83.8 Å². The molecule has 0 saturated heterocycles. The minimum Gasteiger partial charge on any atom is -0.391 e. The van der Waals surface area contributed by atoms with Gasteiger partial charge in [-0.1, -0.05) is 12.2 Å². The van der Waals surface area contributed by atoms with E-state index in [1.54, 1.807) is 13.8 Å². The number of hydrogen-bond acceptors (Lipinski definition) is 3. The zero-order valence-corrected chi connectivity index (χ0v) is 8.81. The molecule has 1 aromatic heterocycles. The lowest BCUT2D eigenvalue weighted by molar-refractivity contribution is 0.0932. The van der Waals surface area contributed by atoms with Gasteiger partial charge in [-0.3, -0.25) is 9.89 Å². The molecule has 0 aliphatic heterocycles. The van der Waals surface area contributed by atoms with Crippen molar-refractivity contribution in [3.05, 3.63) is 18.0 Å². The zero-order valence-electron chi connectivity index (χ0n) is 8.00. The van der Waals surface area contributed by atoms with Gasteiger partial charge in [-0.05, 0) is 13.8 Å². The largest absolute Gasteiger partial charge is 0.391 e. The zero-order chi connectivity index (χ0) is 10.8. The number of hydrogen-bond donors (Lipinski definition) is 3. The third-order valence-electron chi connectivity index (χ3n) is 1.80. The molecule has 0 fully saturated rings. The van der Waals surface area contributed by atoms with Crippen molar-refractivity contribution in [3.8, 4) is 0 Å². The smallest absolute Gasteiger partial charge is 0.255 e. The van der Waals surface area contributed by atoms with Crippen LogP contribution in [0.4, 0.5) is 0 Å². The van der Waals surface area contributed by atoms with Crippen LogP contribution in [0.25, 0.3) is 0 Å². The Bertz CT molecular complexity index is 344. The maximum atomic E-state index is 11.5. The molecule has 0 radical (unpaired) electrons. The number of carbonyl (C=O) groups is 1. The third-order valence-corrected chi connectivity index (χ3v) is 2.31. The Morgan fingerprint density at radius 3 is 2.79 bits per heavy atom. The molecule has 4 N–H and O–H groups in total. The highest BCUT2D eigenvalue weighted by Crippen LogP contribution is 2.04. The Morgan fingerprint density at radius 1 is 1.71 bits per heavy atom. The fourth-order valence-corrected chi connectivity index (χ4v) is 0.844. The predicted octanol–water partition coefficient (Wildman–Crippen LogP) is 0.204. The Kier molecular flexibility index (Phi) is 2.85. The molecule has 1 aromatic rings. The molecule has 0 bridgehead atoms. The van der Waals surface area contributed by atoms with Gasteiger partial charge in [0.05, 0.1) is 22.3 Å². The summed E-state index contributed by atoms with van der Waals surface area (Å²) in [7, 11) is 0. The average Bonchev–Trinajstić information content (AvgIpc) is 2.54. The number of nitrogens with zero attached hydrogens (tertiary/aromatic N) is 1. The van der Waals surface area contributed by atoms with E-state index in [1.165, 1.54) is 12.4 Å². The second-order valence-corrected chi connectivity index (χ2v) is 3.87. The first kappa shape index (κ1) is 10.6. The van der Waals surface area contributed by atoms with Crippen LogP contribution in [-0.4, -0.2) is 26.6 Å². The maximum absolute atomic E-state index is 11.5. The van der Waals surface area contributed by atoms with Crippen molar-refractivity contribution in [2.24, 2.45) is 5.73 Å². The van der Waals surface area contributed by atoms with Crippen LogP contribution < -0.4 is 11.1 Å². The monoisotopic (exact) mass is 212 g/mol. The molecule has 0 saturated carbocycles. The van der Waals surface area contributed by atoms with Gasteiger partial charge in [-0.25, -0.2) is 0 Å². The normalized spacial score (nSPS) is 11.0. The van der Waals surface area contributed by atoms with Gasteiger partial charge < -0.3 is 11.1 Å². The summed E-state index contributed by atoms with van der Waals surface area (Å²) in [4.78, 5) is 11.8. The van der Waals surface area contributed by atoms with E-state index in [4.69, 9.17) is 18.0 Å². The van der Waals surface area contributed by atoms with Crippen molar-refractivity contribution in [2.75, 3.05) is 0 Å². The van der Waals surface area contributed by atoms with Gasteiger partial charge in [0.15, 0.2) is 0 Å². The number of H-pyrrole nitrogens is 1. The van der Waals surface area contributed by atoms with Gasteiger partial charge in [0.25, 0.3) is 5.91 Å². The van der Waals surface area contributed by atoms with Crippen LogP contribution in [0.2, 0.25) is 0 Å². The Hall–Kier alpha value is -1.43. The quantitative estimate of drug-likeness (QED) is 0.625. The Morgan fingerprint density at radius 2 is 2.36 bits per heavy atom. The number of rotatable bonds is 3. The Labute approximate surface area is 87.1 Å². The first-order valence-corrected chi connectivity index (χ1v) is 4.45. The van der Waals surface area contributed by atoms with E-state index in [0.717, 1.165) is 0 Å². The lowest BCUT2D eigenvalue weighted by atomic mass is 10.1. The van der Waals surface area contributed by atoms with Gasteiger partial charge in [0, 0.05) is 6.20 Å². The van der Waals surface area contributed by atoms with Gasteiger partial charge in [0.2, 0.25) is 0 Å². The average molecular weight is 212 g/mol. The summed E-state index contributed by atoms with van der Waals surface area (Å²) in [6.45, 7) is 3.49. The molecular formula is C8H12N4OS. The second-order valence-electron chi connectivity index (χ2n) is 3.43. The molecule has 76 valence electrons. The van der Waals surface area contributed by atoms with Crippen molar-refractivity contribution in [3.63, 3.8) is 0 Å². The summed E-state index contributed by atoms with van der Waals surface area (Å²) in [6.07, 6.45) is 2.94. The molecule has 0 aliphatic rings. The van der Waals surface area contributed by atoms with E-state index in [1.807, 2.05) is 0 Å². The van der Waals surface area contributed by atoms with E-state index in [2.05, 4.69) is 15.5 Å². The highest BCUT2D eigenvalue weighted by Gasteiger charge is 2.24. The second kappa shape index (κ2) is 3.75. The van der Waals surface area contributed by atoms with E-state index < -0.39 is 5.54 Å². The standard InChI is InChI=1S/C8H12N4OS/c1-8(2,7(9)14)12-6(13)5-3-10-11-4-5/h3-4H,1-2H3,(H2,9,14)(H,10,11)(H,12,13). The van der Waals surface area contributed by atoms with Crippen molar-refractivity contribution in [1.29, 1.82) is 0 Å². The first-order valence-electron chi connectivity index (χ1n) is 4.04. The van der Waals surface area contributed by atoms with Crippen molar-refractivity contribution in [1.82, 2.24) is 15.5 Å². The molecule has 1 amide bonds. The minimum absolute atomic E-state index is 0.245. The number of thiocarbonyl (C=S) groups is 1. The van der Waals surface area contributed by atoms with Crippen molar-refractivity contribution < 1.29 is 4.79 Å². The molecule has 6 heteroatoms. The highest BCUT2D eigenvalue weighted by atomic mass is 32.1. The van der Waals surface area contributed by atoms with Crippen LogP contribution >= 0.6 is 12.2 Å². The molecule has 0 spiro atoms. The maximum Gasteiger partial charge on any atom is 0.255 e. The summed E-state index contributed by atoms with van der Waals surface area (Å²) in [5, 5.41) is 8.91. The minimum atomic E-state index is -0.691. The molecule has 5 nitrogen and oxygen atoms in total. The summed E-state index contributed by atoms with van der Waals surface area (Å²) < 4.78 is 0. The number of nitrogens with one attached hydrogen (secondary N) is 2. The highest BCUT2D eigenvalue weighted by molar-refractivity contribution is 7.80. The molecule has 1 rings (SSSR count). The number of amides is 1. The summed E-state index contributed by atoms with van der Waals surface area (Å²) >= 11 is 4.82. The molecule has 1 heterocycles. The fraction of sp³-hybridized carbons (Fsp3) is 0.375. The molecule has 0 unspecified atom stereocenters. The third kappa shape index (κ3) is 2.29. The molecule has 0 atom stereocenters. The number of aromatic amines is 1. The Balaban J connectivity index is 2.71. The SMILES string of the molecule is CC(C)(NC(=O)c1cn[nH]c1)C(N)=S. The van der Waals surface area contributed by atoms with Crippen molar-refractivity contribution in [2.45, 2.75) is 19.4 Å². The van der Waals surface area contributed by atoms with Crippen LogP contribution in [0.5, 0.6) is 0 Å². The van der Waals surface area contributed by atoms with Gasteiger partial charge in [0.1, 0.15) is 0 Å². The van der Waals surface area contributed by atoms with Gasteiger partial charge in [-0.2, -0.15) is 5.10 Å². The summed E-state index contributed by atoms with van der Waals surface area (Å²) in [5.41, 5.74) is 5.23. The number of carbonyl (C=O) groups excluding carboxylic acids is 1. The van der Waals surface area contributed by atoms with Crippen LogP contribution in [0, 0.1) is 0 Å². The molecule has 0 aliphatic carbocycles. The molecule has 14 heavy (non-hydrogen) atoms. The van der Waals surface area contributed by atoms with Crippen molar-refractivity contribution >= 4 is 23.1 Å². The van der Waals surface area contributed by atoms with Crippen LogP contribution in [0.1, 0.15) is 24.2 Å². The first-order chi connectivity index (χ1) is 6.43. The number of nitrogens with two attached hydrogens (primary N) is 1. The molecule has 0 aromatic carbocycles. The van der Waals surface area contributed by atoms with E-state index in [9.17, 15) is 4.79 Å². The lowest BCUT2D eigenvalue weighted by Gasteiger charge is -2.24. The van der Waals surface area contributed by atoms with E-state index in [0.29, 0.717) is 5.56 Å². The predicted molar refractivity (Wildman–Crippen MR) is 56.9 cm³/mol. The summed E-state index contributed by atoms with van der Waals surface area (Å²) in [6, 6.07) is 0. The van der Waals surface area contributed by atoms with Crippen LogP contribution in [-0.2, 0) is 0 Å². The van der Waals surface area contributed by atoms with Gasteiger partial charge >= 0.3 is 0 Å².